The molecule has 2 aromatic carbocycles. The van der Waals surface area contributed by atoms with Crippen molar-refractivity contribution in [2.75, 3.05) is 0 Å². The van der Waals surface area contributed by atoms with Gasteiger partial charge in [-0.15, -0.1) is 11.3 Å². The highest BCUT2D eigenvalue weighted by atomic mass is 79.9. The summed E-state index contributed by atoms with van der Waals surface area (Å²) >= 11 is 4.93. The van der Waals surface area contributed by atoms with E-state index in [4.69, 9.17) is 5.10 Å². The maximum Gasteiger partial charge on any atom is 0.211 e. The molecule has 0 aliphatic heterocycles. The SMILES string of the molecule is CC(=Nn1c(-c2ccc(Br)cc2)csc1=Nc1cccnc1)c1ccc(O)cc1O. The van der Waals surface area contributed by atoms with Crippen molar-refractivity contribution in [3.8, 4) is 22.8 Å². The van der Waals surface area contributed by atoms with Crippen LogP contribution >= 0.6 is 27.3 Å². The summed E-state index contributed by atoms with van der Waals surface area (Å²) in [7, 11) is 0. The number of halogens is 1. The minimum atomic E-state index is -0.0389. The Hall–Kier alpha value is -3.23. The summed E-state index contributed by atoms with van der Waals surface area (Å²) < 4.78 is 2.74. The summed E-state index contributed by atoms with van der Waals surface area (Å²) in [4.78, 5) is 9.47. The van der Waals surface area contributed by atoms with Gasteiger partial charge in [0.2, 0.25) is 4.80 Å². The van der Waals surface area contributed by atoms with Gasteiger partial charge in [0.25, 0.3) is 0 Å². The van der Waals surface area contributed by atoms with Gasteiger partial charge in [-0.05, 0) is 43.3 Å². The van der Waals surface area contributed by atoms with Crippen LogP contribution in [0.1, 0.15) is 12.5 Å². The van der Waals surface area contributed by atoms with E-state index in [-0.39, 0.29) is 11.5 Å². The van der Waals surface area contributed by atoms with Gasteiger partial charge in [0.05, 0.1) is 23.3 Å². The van der Waals surface area contributed by atoms with Gasteiger partial charge in [0.15, 0.2) is 0 Å². The standard InChI is InChI=1S/C22H17BrN4O2S/c1-14(19-9-8-18(28)11-21(19)29)26-27-20(15-4-6-16(23)7-5-15)13-30-22(27)25-17-3-2-10-24-12-17/h2-13,28-29H,1H3. The number of benzene rings is 2. The molecule has 30 heavy (non-hydrogen) atoms. The van der Waals surface area contributed by atoms with Crippen LogP contribution in [-0.2, 0) is 0 Å². The molecular formula is C22H17BrN4O2S. The molecule has 2 heterocycles. The van der Waals surface area contributed by atoms with Crippen LogP contribution in [0.3, 0.4) is 0 Å². The van der Waals surface area contributed by atoms with Crippen molar-refractivity contribution in [2.24, 2.45) is 10.1 Å². The van der Waals surface area contributed by atoms with Gasteiger partial charge in [0.1, 0.15) is 11.5 Å². The van der Waals surface area contributed by atoms with Crippen molar-refractivity contribution in [3.05, 3.63) is 87.2 Å². The van der Waals surface area contributed by atoms with Gasteiger partial charge in [0, 0.05) is 33.2 Å². The lowest BCUT2D eigenvalue weighted by Gasteiger charge is -2.08. The van der Waals surface area contributed by atoms with Crippen molar-refractivity contribution in [1.29, 1.82) is 0 Å². The van der Waals surface area contributed by atoms with Crippen LogP contribution in [0.15, 0.2) is 86.9 Å². The largest absolute Gasteiger partial charge is 0.508 e. The summed E-state index contributed by atoms with van der Waals surface area (Å²) in [5.74, 6) is -0.0435. The smallest absolute Gasteiger partial charge is 0.211 e. The van der Waals surface area contributed by atoms with Crippen LogP contribution < -0.4 is 4.80 Å². The van der Waals surface area contributed by atoms with Gasteiger partial charge in [-0.2, -0.15) is 5.10 Å². The number of thiazole rings is 1. The molecular weight excluding hydrogens is 464 g/mol. The summed E-state index contributed by atoms with van der Waals surface area (Å²) in [5.41, 5.74) is 3.68. The Balaban J connectivity index is 1.90. The number of phenolic OH excluding ortho intramolecular Hbond substituents is 2. The molecule has 0 fully saturated rings. The summed E-state index contributed by atoms with van der Waals surface area (Å²) in [6.45, 7) is 1.80. The molecule has 6 nitrogen and oxygen atoms in total. The monoisotopic (exact) mass is 480 g/mol. The Bertz CT molecular complexity index is 1280. The Morgan fingerprint density at radius 1 is 1.10 bits per heavy atom. The van der Waals surface area contributed by atoms with Crippen LogP contribution in [0.25, 0.3) is 11.3 Å². The quantitative estimate of drug-likeness (QED) is 0.389. The zero-order valence-electron chi connectivity index (χ0n) is 15.9. The lowest BCUT2D eigenvalue weighted by Crippen LogP contribution is -2.13. The van der Waals surface area contributed by atoms with E-state index in [0.29, 0.717) is 16.1 Å². The molecule has 0 aliphatic rings. The maximum absolute atomic E-state index is 10.2. The molecule has 4 rings (SSSR count). The molecule has 0 radical (unpaired) electrons. The highest BCUT2D eigenvalue weighted by Gasteiger charge is 2.11. The third-order valence-corrected chi connectivity index (χ3v) is 5.66. The van der Waals surface area contributed by atoms with Gasteiger partial charge in [-0.1, -0.05) is 28.1 Å². The van der Waals surface area contributed by atoms with E-state index in [2.05, 4.69) is 25.9 Å². The highest BCUT2D eigenvalue weighted by molar-refractivity contribution is 9.10. The molecule has 2 N–H and O–H groups in total. The average molecular weight is 481 g/mol. The topological polar surface area (TPSA) is 83.0 Å². The second-order valence-electron chi connectivity index (χ2n) is 6.43. The number of aromatic nitrogens is 2. The van der Waals surface area contributed by atoms with E-state index in [0.717, 1.165) is 21.4 Å². The molecule has 4 aromatic rings. The Kier molecular flexibility index (Phi) is 5.78. The van der Waals surface area contributed by atoms with E-state index in [1.807, 2.05) is 41.8 Å². The van der Waals surface area contributed by atoms with Crippen molar-refractivity contribution in [1.82, 2.24) is 9.66 Å². The Labute approximate surface area is 185 Å². The van der Waals surface area contributed by atoms with Gasteiger partial charge < -0.3 is 10.2 Å². The molecule has 0 atom stereocenters. The first-order valence-corrected chi connectivity index (χ1v) is 10.7. The minimum absolute atomic E-state index is 0.00458. The second-order valence-corrected chi connectivity index (χ2v) is 8.18. The number of rotatable bonds is 4. The van der Waals surface area contributed by atoms with E-state index in [1.54, 1.807) is 30.1 Å². The molecule has 150 valence electrons. The first-order chi connectivity index (χ1) is 14.5. The van der Waals surface area contributed by atoms with Crippen LogP contribution in [0.4, 0.5) is 5.69 Å². The zero-order chi connectivity index (χ0) is 21.1. The van der Waals surface area contributed by atoms with Crippen molar-refractivity contribution >= 4 is 38.7 Å². The lowest BCUT2D eigenvalue weighted by molar-refractivity contribution is 0.450. The van der Waals surface area contributed by atoms with Crippen molar-refractivity contribution in [2.45, 2.75) is 6.92 Å². The molecule has 0 saturated heterocycles. The predicted molar refractivity (Wildman–Crippen MR) is 122 cm³/mol. The number of phenols is 2. The molecule has 0 bridgehead atoms. The summed E-state index contributed by atoms with van der Waals surface area (Å²) in [6, 6.07) is 16.1. The summed E-state index contributed by atoms with van der Waals surface area (Å²) in [6.07, 6.45) is 3.39. The number of nitrogens with zero attached hydrogens (tertiary/aromatic N) is 4. The number of hydrogen-bond acceptors (Lipinski definition) is 6. The zero-order valence-corrected chi connectivity index (χ0v) is 18.3. The molecule has 2 aromatic heterocycles. The number of hydrogen-bond donors (Lipinski definition) is 2. The third kappa shape index (κ3) is 4.34. The van der Waals surface area contributed by atoms with E-state index >= 15 is 0 Å². The molecule has 0 unspecified atom stereocenters. The van der Waals surface area contributed by atoms with Crippen LogP contribution in [0.2, 0.25) is 0 Å². The van der Waals surface area contributed by atoms with E-state index < -0.39 is 0 Å². The van der Waals surface area contributed by atoms with Crippen molar-refractivity contribution in [3.63, 3.8) is 0 Å². The molecule has 0 amide bonds. The van der Waals surface area contributed by atoms with Crippen LogP contribution in [-0.4, -0.2) is 25.6 Å². The normalized spacial score (nSPS) is 12.3. The fraction of sp³-hybridized carbons (Fsp3) is 0.0455. The minimum Gasteiger partial charge on any atom is -0.508 e. The average Bonchev–Trinajstić information content (AvgIpc) is 3.11. The first kappa shape index (κ1) is 20.1. The fourth-order valence-corrected chi connectivity index (χ4v) is 3.97. The van der Waals surface area contributed by atoms with E-state index in [1.165, 1.54) is 23.5 Å². The van der Waals surface area contributed by atoms with Gasteiger partial charge in [-0.3, -0.25) is 4.98 Å². The third-order valence-electron chi connectivity index (χ3n) is 4.32. The van der Waals surface area contributed by atoms with Crippen molar-refractivity contribution < 1.29 is 10.2 Å². The Morgan fingerprint density at radius 3 is 2.60 bits per heavy atom. The van der Waals surface area contributed by atoms with Gasteiger partial charge >= 0.3 is 0 Å². The lowest BCUT2D eigenvalue weighted by atomic mass is 10.1. The number of pyridine rings is 1. The molecule has 8 heteroatoms. The molecule has 0 saturated carbocycles. The predicted octanol–water partition coefficient (Wildman–Crippen LogP) is 5.29. The summed E-state index contributed by atoms with van der Waals surface area (Å²) in [5, 5.41) is 26.5. The second kappa shape index (κ2) is 8.64. The fourth-order valence-electron chi connectivity index (χ4n) is 2.85. The maximum atomic E-state index is 10.2. The van der Waals surface area contributed by atoms with E-state index in [9.17, 15) is 10.2 Å². The van der Waals surface area contributed by atoms with Crippen LogP contribution in [0.5, 0.6) is 11.5 Å². The first-order valence-electron chi connectivity index (χ1n) is 9.00. The van der Waals surface area contributed by atoms with Crippen LogP contribution in [0, 0.1) is 0 Å². The highest BCUT2D eigenvalue weighted by Crippen LogP contribution is 2.25. The number of aromatic hydroxyl groups is 2. The molecule has 0 aliphatic carbocycles. The molecule has 0 spiro atoms. The van der Waals surface area contributed by atoms with Gasteiger partial charge in [-0.25, -0.2) is 9.67 Å². The Morgan fingerprint density at radius 2 is 1.90 bits per heavy atom.